The quantitative estimate of drug-likeness (QED) is 0.853. The standard InChI is InChI=1S/C15H17FN2O3/c1-10(15(19)18-9-12-3-2-6-20-12)21-14-5-4-11(8-17)7-13(14)16/h2-7,10H,8-9,17H2,1H3,(H,18,19). The second-order valence-electron chi connectivity index (χ2n) is 4.53. The van der Waals surface area contributed by atoms with Gasteiger partial charge in [0, 0.05) is 6.54 Å². The number of benzene rings is 1. The Kier molecular flexibility index (Phi) is 4.94. The average molecular weight is 292 g/mol. The third-order valence-electron chi connectivity index (χ3n) is 2.92. The number of carbonyl (C=O) groups is 1. The summed E-state index contributed by atoms with van der Waals surface area (Å²) in [5.41, 5.74) is 6.09. The maximum atomic E-state index is 13.7. The van der Waals surface area contributed by atoms with Crippen LogP contribution in [0.4, 0.5) is 4.39 Å². The van der Waals surface area contributed by atoms with Crippen LogP contribution in [0.1, 0.15) is 18.2 Å². The zero-order valence-electron chi connectivity index (χ0n) is 11.6. The van der Waals surface area contributed by atoms with Crippen molar-refractivity contribution in [2.24, 2.45) is 5.73 Å². The molecule has 0 saturated carbocycles. The van der Waals surface area contributed by atoms with Gasteiger partial charge in [0.05, 0.1) is 12.8 Å². The van der Waals surface area contributed by atoms with Gasteiger partial charge in [0.15, 0.2) is 17.7 Å². The lowest BCUT2D eigenvalue weighted by Gasteiger charge is -2.15. The van der Waals surface area contributed by atoms with E-state index in [1.165, 1.54) is 18.4 Å². The summed E-state index contributed by atoms with van der Waals surface area (Å²) >= 11 is 0. The van der Waals surface area contributed by atoms with Gasteiger partial charge in [-0.05, 0) is 36.8 Å². The molecule has 21 heavy (non-hydrogen) atoms. The fourth-order valence-corrected chi connectivity index (χ4v) is 1.74. The van der Waals surface area contributed by atoms with Crippen molar-refractivity contribution < 1.29 is 18.3 Å². The van der Waals surface area contributed by atoms with Crippen LogP contribution in [0, 0.1) is 5.82 Å². The molecule has 0 bridgehead atoms. The third kappa shape index (κ3) is 4.06. The van der Waals surface area contributed by atoms with Crippen LogP contribution in [0.5, 0.6) is 5.75 Å². The van der Waals surface area contributed by atoms with E-state index in [1.54, 1.807) is 25.1 Å². The van der Waals surface area contributed by atoms with Crippen LogP contribution in [0.2, 0.25) is 0 Å². The molecule has 0 aliphatic rings. The van der Waals surface area contributed by atoms with Crippen LogP contribution >= 0.6 is 0 Å². The third-order valence-corrected chi connectivity index (χ3v) is 2.92. The first-order valence-corrected chi connectivity index (χ1v) is 6.55. The van der Waals surface area contributed by atoms with Crippen molar-refractivity contribution in [1.82, 2.24) is 5.32 Å². The van der Waals surface area contributed by atoms with Gasteiger partial charge in [0.2, 0.25) is 0 Å². The minimum absolute atomic E-state index is 0.0212. The van der Waals surface area contributed by atoms with E-state index in [-0.39, 0.29) is 24.7 Å². The topological polar surface area (TPSA) is 77.5 Å². The van der Waals surface area contributed by atoms with E-state index in [2.05, 4.69) is 5.32 Å². The predicted octanol–water partition coefficient (Wildman–Crippen LogP) is 1.96. The number of nitrogens with two attached hydrogens (primary N) is 1. The Morgan fingerprint density at radius 1 is 1.48 bits per heavy atom. The van der Waals surface area contributed by atoms with Crippen molar-refractivity contribution >= 4 is 5.91 Å². The molecule has 1 aromatic carbocycles. The molecule has 0 saturated heterocycles. The summed E-state index contributed by atoms with van der Waals surface area (Å²) in [6, 6.07) is 7.90. The van der Waals surface area contributed by atoms with Crippen molar-refractivity contribution in [3.63, 3.8) is 0 Å². The Morgan fingerprint density at radius 2 is 2.29 bits per heavy atom. The van der Waals surface area contributed by atoms with Crippen molar-refractivity contribution in [1.29, 1.82) is 0 Å². The maximum absolute atomic E-state index is 13.7. The lowest BCUT2D eigenvalue weighted by molar-refractivity contribution is -0.127. The van der Waals surface area contributed by atoms with E-state index in [1.807, 2.05) is 0 Å². The summed E-state index contributed by atoms with van der Waals surface area (Å²) in [6.07, 6.45) is 0.702. The van der Waals surface area contributed by atoms with Gasteiger partial charge in [0.1, 0.15) is 5.76 Å². The summed E-state index contributed by atoms with van der Waals surface area (Å²) in [6.45, 7) is 2.05. The highest BCUT2D eigenvalue weighted by molar-refractivity contribution is 5.80. The fourth-order valence-electron chi connectivity index (χ4n) is 1.74. The minimum atomic E-state index is -0.821. The second-order valence-corrected chi connectivity index (χ2v) is 4.53. The predicted molar refractivity (Wildman–Crippen MR) is 74.9 cm³/mol. The molecule has 3 N–H and O–H groups in total. The average Bonchev–Trinajstić information content (AvgIpc) is 3.00. The Balaban J connectivity index is 1.91. The number of amides is 1. The summed E-state index contributed by atoms with van der Waals surface area (Å²) < 4.78 is 24.2. The first-order chi connectivity index (χ1) is 10.1. The number of nitrogens with one attached hydrogen (secondary N) is 1. The first-order valence-electron chi connectivity index (χ1n) is 6.55. The number of hydrogen-bond donors (Lipinski definition) is 2. The van der Waals surface area contributed by atoms with Crippen molar-refractivity contribution in [2.45, 2.75) is 26.1 Å². The van der Waals surface area contributed by atoms with E-state index in [0.717, 1.165) is 0 Å². The van der Waals surface area contributed by atoms with Gasteiger partial charge in [-0.15, -0.1) is 0 Å². The molecule has 1 aromatic heterocycles. The van der Waals surface area contributed by atoms with Crippen molar-refractivity contribution in [3.05, 3.63) is 53.7 Å². The first kappa shape index (κ1) is 15.1. The molecular formula is C15H17FN2O3. The minimum Gasteiger partial charge on any atom is -0.478 e. The zero-order chi connectivity index (χ0) is 15.2. The second kappa shape index (κ2) is 6.90. The molecule has 0 spiro atoms. The SMILES string of the molecule is CC(Oc1ccc(CN)cc1F)C(=O)NCc1ccco1. The lowest BCUT2D eigenvalue weighted by atomic mass is 10.2. The van der Waals surface area contributed by atoms with Crippen LogP contribution in [0.25, 0.3) is 0 Å². The Hall–Kier alpha value is -2.34. The molecule has 0 aliphatic carbocycles. The van der Waals surface area contributed by atoms with Gasteiger partial charge in [-0.1, -0.05) is 6.07 Å². The Bertz CT molecular complexity index is 599. The zero-order valence-corrected chi connectivity index (χ0v) is 11.6. The van der Waals surface area contributed by atoms with Gasteiger partial charge >= 0.3 is 0 Å². The molecule has 1 atom stereocenters. The van der Waals surface area contributed by atoms with Gasteiger partial charge < -0.3 is 20.2 Å². The van der Waals surface area contributed by atoms with Crippen LogP contribution in [-0.4, -0.2) is 12.0 Å². The number of furan rings is 1. The molecule has 0 aliphatic heterocycles. The lowest BCUT2D eigenvalue weighted by Crippen LogP contribution is -2.36. The molecule has 112 valence electrons. The molecule has 6 heteroatoms. The molecular weight excluding hydrogens is 275 g/mol. The smallest absolute Gasteiger partial charge is 0.261 e. The number of ether oxygens (including phenoxy) is 1. The van der Waals surface area contributed by atoms with Gasteiger partial charge in [-0.2, -0.15) is 0 Å². The molecule has 2 aromatic rings. The van der Waals surface area contributed by atoms with Crippen LogP contribution < -0.4 is 15.8 Å². The van der Waals surface area contributed by atoms with E-state index in [0.29, 0.717) is 11.3 Å². The summed E-state index contributed by atoms with van der Waals surface area (Å²) in [4.78, 5) is 11.9. The van der Waals surface area contributed by atoms with Crippen LogP contribution in [-0.2, 0) is 17.9 Å². The van der Waals surface area contributed by atoms with Crippen LogP contribution in [0.15, 0.2) is 41.0 Å². The molecule has 1 heterocycles. The monoisotopic (exact) mass is 292 g/mol. The fraction of sp³-hybridized carbons (Fsp3) is 0.267. The molecule has 2 rings (SSSR count). The highest BCUT2D eigenvalue weighted by Gasteiger charge is 2.16. The van der Waals surface area contributed by atoms with E-state index in [9.17, 15) is 9.18 Å². The van der Waals surface area contributed by atoms with E-state index in [4.69, 9.17) is 14.9 Å². The van der Waals surface area contributed by atoms with E-state index < -0.39 is 11.9 Å². The van der Waals surface area contributed by atoms with Crippen LogP contribution in [0.3, 0.4) is 0 Å². The summed E-state index contributed by atoms with van der Waals surface area (Å²) in [5.74, 6) is -0.237. The van der Waals surface area contributed by atoms with Gasteiger partial charge in [-0.3, -0.25) is 4.79 Å². The highest BCUT2D eigenvalue weighted by Crippen LogP contribution is 2.19. The maximum Gasteiger partial charge on any atom is 0.261 e. The largest absolute Gasteiger partial charge is 0.478 e. The number of halogens is 1. The van der Waals surface area contributed by atoms with Gasteiger partial charge in [0.25, 0.3) is 5.91 Å². The molecule has 1 unspecified atom stereocenters. The number of hydrogen-bond acceptors (Lipinski definition) is 4. The summed E-state index contributed by atoms with van der Waals surface area (Å²) in [7, 11) is 0. The normalized spacial score (nSPS) is 12.0. The molecule has 5 nitrogen and oxygen atoms in total. The summed E-state index contributed by atoms with van der Waals surface area (Å²) in [5, 5.41) is 2.65. The molecule has 0 radical (unpaired) electrons. The Labute approximate surface area is 121 Å². The van der Waals surface area contributed by atoms with E-state index >= 15 is 0 Å². The van der Waals surface area contributed by atoms with Gasteiger partial charge in [-0.25, -0.2) is 4.39 Å². The van der Waals surface area contributed by atoms with Crippen molar-refractivity contribution in [3.8, 4) is 5.75 Å². The Morgan fingerprint density at radius 3 is 2.90 bits per heavy atom. The number of carbonyl (C=O) groups excluding carboxylic acids is 1. The molecule has 0 fully saturated rings. The molecule has 1 amide bonds. The van der Waals surface area contributed by atoms with Crippen molar-refractivity contribution in [2.75, 3.05) is 0 Å². The number of rotatable bonds is 6. The highest BCUT2D eigenvalue weighted by atomic mass is 19.1.